The minimum atomic E-state index is -0.673. The van der Waals surface area contributed by atoms with Crippen molar-refractivity contribution >= 4 is 11.8 Å². The van der Waals surface area contributed by atoms with E-state index >= 15 is 0 Å². The third-order valence-electron chi connectivity index (χ3n) is 8.42. The zero-order valence-corrected chi connectivity index (χ0v) is 20.1. The highest BCUT2D eigenvalue weighted by atomic mass is 19.1. The van der Waals surface area contributed by atoms with Crippen LogP contribution in [0.2, 0.25) is 0 Å². The van der Waals surface area contributed by atoms with Crippen LogP contribution in [0.5, 0.6) is 0 Å². The Morgan fingerprint density at radius 1 is 1.19 bits per heavy atom. The number of fused-ring (bicyclic) bond motifs is 1. The summed E-state index contributed by atoms with van der Waals surface area (Å²) in [6.07, 6.45) is 4.19. The van der Waals surface area contributed by atoms with E-state index in [1.807, 2.05) is 6.92 Å². The first-order valence-corrected chi connectivity index (χ1v) is 12.7. The molecule has 4 aliphatic rings. The first-order valence-electron chi connectivity index (χ1n) is 12.7. The maximum Gasteiger partial charge on any atom is 0.225 e. The summed E-state index contributed by atoms with van der Waals surface area (Å²) >= 11 is 0. The second kappa shape index (κ2) is 9.94. The Balaban J connectivity index is 1.44. The highest BCUT2D eigenvalue weighted by Gasteiger charge is 2.49. The SMILES string of the molecule is CC1CC(C)C(CNC(=O)C2CC(C3CCC(F)CC3)NC3C2CNN3C(C)C)C(=O)N1. The van der Waals surface area contributed by atoms with Crippen LogP contribution in [0.1, 0.15) is 66.2 Å². The Bertz CT molecular complexity index is 683. The summed E-state index contributed by atoms with van der Waals surface area (Å²) in [6.45, 7) is 9.63. The van der Waals surface area contributed by atoms with E-state index < -0.39 is 6.17 Å². The van der Waals surface area contributed by atoms with E-state index in [0.29, 0.717) is 31.3 Å². The summed E-state index contributed by atoms with van der Waals surface area (Å²) in [7, 11) is 0. The van der Waals surface area contributed by atoms with Gasteiger partial charge in [-0.2, -0.15) is 0 Å². The van der Waals surface area contributed by atoms with Crippen LogP contribution in [0.4, 0.5) is 4.39 Å². The van der Waals surface area contributed by atoms with E-state index in [9.17, 15) is 14.0 Å². The molecule has 7 unspecified atom stereocenters. The number of hydrazine groups is 1. The molecule has 0 aromatic rings. The largest absolute Gasteiger partial charge is 0.355 e. The Labute approximate surface area is 192 Å². The predicted molar refractivity (Wildman–Crippen MR) is 122 cm³/mol. The second-order valence-corrected chi connectivity index (χ2v) is 11.1. The number of piperidine rings is 2. The summed E-state index contributed by atoms with van der Waals surface area (Å²) in [4.78, 5) is 25.9. The molecular weight excluding hydrogens is 409 g/mol. The molecule has 7 atom stereocenters. The molecule has 0 aromatic carbocycles. The highest BCUT2D eigenvalue weighted by molar-refractivity contribution is 5.83. The summed E-state index contributed by atoms with van der Waals surface area (Å²) < 4.78 is 13.7. The Kier molecular flexibility index (Phi) is 7.42. The van der Waals surface area contributed by atoms with Crippen LogP contribution in [0.25, 0.3) is 0 Å². The Morgan fingerprint density at radius 3 is 2.56 bits per heavy atom. The van der Waals surface area contributed by atoms with Crippen LogP contribution in [-0.4, -0.2) is 60.4 Å². The fourth-order valence-electron chi connectivity index (χ4n) is 6.57. The molecule has 3 saturated heterocycles. The quantitative estimate of drug-likeness (QED) is 0.513. The number of rotatable bonds is 5. The lowest BCUT2D eigenvalue weighted by Gasteiger charge is -2.45. The first kappa shape index (κ1) is 23.9. The van der Waals surface area contributed by atoms with E-state index in [2.05, 4.69) is 47.2 Å². The van der Waals surface area contributed by atoms with Crippen LogP contribution in [-0.2, 0) is 9.59 Å². The molecule has 2 amide bonds. The minimum Gasteiger partial charge on any atom is -0.355 e. The molecular formula is C24H42FN5O2. The molecule has 0 spiro atoms. The number of carbonyl (C=O) groups excluding carboxylic acids is 2. The summed E-state index contributed by atoms with van der Waals surface area (Å²) in [5, 5.41) is 12.3. The zero-order chi connectivity index (χ0) is 23.0. The fourth-order valence-corrected chi connectivity index (χ4v) is 6.57. The molecule has 4 fully saturated rings. The van der Waals surface area contributed by atoms with Crippen molar-refractivity contribution in [3.63, 3.8) is 0 Å². The van der Waals surface area contributed by atoms with Gasteiger partial charge in [0.2, 0.25) is 11.8 Å². The molecule has 0 aromatic heterocycles. The molecule has 182 valence electrons. The fraction of sp³-hybridized carbons (Fsp3) is 0.917. The van der Waals surface area contributed by atoms with Crippen molar-refractivity contribution in [1.82, 2.24) is 26.4 Å². The number of halogens is 1. The van der Waals surface area contributed by atoms with Crippen molar-refractivity contribution in [2.45, 2.75) is 96.7 Å². The molecule has 8 heteroatoms. The summed E-state index contributed by atoms with van der Waals surface area (Å²) in [6, 6.07) is 0.732. The van der Waals surface area contributed by atoms with Gasteiger partial charge in [0.25, 0.3) is 0 Å². The number of hydrogen-bond donors (Lipinski definition) is 4. The van der Waals surface area contributed by atoms with Crippen LogP contribution >= 0.6 is 0 Å². The molecule has 1 aliphatic carbocycles. The lowest BCUT2D eigenvalue weighted by atomic mass is 9.73. The minimum absolute atomic E-state index is 0.0501. The van der Waals surface area contributed by atoms with Gasteiger partial charge in [0.1, 0.15) is 6.17 Å². The van der Waals surface area contributed by atoms with Crippen LogP contribution < -0.4 is 21.4 Å². The van der Waals surface area contributed by atoms with Crippen molar-refractivity contribution < 1.29 is 14.0 Å². The normalized spacial score (nSPS) is 43.1. The van der Waals surface area contributed by atoms with Gasteiger partial charge in [-0.15, -0.1) is 0 Å². The van der Waals surface area contributed by atoms with Gasteiger partial charge >= 0.3 is 0 Å². The summed E-state index contributed by atoms with van der Waals surface area (Å²) in [5.74, 6) is 0.699. The molecule has 3 aliphatic heterocycles. The Morgan fingerprint density at radius 2 is 1.91 bits per heavy atom. The van der Waals surface area contributed by atoms with E-state index in [-0.39, 0.29) is 53.7 Å². The monoisotopic (exact) mass is 451 g/mol. The van der Waals surface area contributed by atoms with Crippen LogP contribution in [0, 0.1) is 29.6 Å². The van der Waals surface area contributed by atoms with Gasteiger partial charge in [-0.25, -0.2) is 9.40 Å². The van der Waals surface area contributed by atoms with Gasteiger partial charge in [0.15, 0.2) is 0 Å². The predicted octanol–water partition coefficient (Wildman–Crippen LogP) is 1.94. The molecule has 0 bridgehead atoms. The van der Waals surface area contributed by atoms with Crippen molar-refractivity contribution in [3.8, 4) is 0 Å². The van der Waals surface area contributed by atoms with Crippen LogP contribution in [0.15, 0.2) is 0 Å². The molecule has 0 radical (unpaired) electrons. The topological polar surface area (TPSA) is 85.5 Å². The number of nitrogens with zero attached hydrogens (tertiary/aromatic N) is 1. The third kappa shape index (κ3) is 4.97. The summed E-state index contributed by atoms with van der Waals surface area (Å²) in [5.41, 5.74) is 3.50. The maximum absolute atomic E-state index is 13.7. The van der Waals surface area contributed by atoms with E-state index in [1.165, 1.54) is 0 Å². The molecule has 4 rings (SSSR count). The van der Waals surface area contributed by atoms with Crippen molar-refractivity contribution in [2.75, 3.05) is 13.1 Å². The average Bonchev–Trinajstić information content (AvgIpc) is 3.17. The first-order chi connectivity index (χ1) is 15.2. The Hall–Kier alpha value is -1.25. The molecule has 1 saturated carbocycles. The number of amides is 2. The number of alkyl halides is 1. The van der Waals surface area contributed by atoms with E-state index in [0.717, 1.165) is 32.2 Å². The van der Waals surface area contributed by atoms with Gasteiger partial charge in [-0.1, -0.05) is 6.92 Å². The van der Waals surface area contributed by atoms with Gasteiger partial charge in [0.05, 0.1) is 12.1 Å². The van der Waals surface area contributed by atoms with Gasteiger partial charge in [-0.05, 0) is 71.1 Å². The standard InChI is InChI=1S/C24H42FN5O2/c1-13(2)30-22-20(12-27-30)18(10-21(29-22)16-5-7-17(25)8-6-16)23(31)26-11-19-14(3)9-15(4)28-24(19)32/h13-22,27,29H,5-12H2,1-4H3,(H,26,31)(H,28,32). The zero-order valence-electron chi connectivity index (χ0n) is 20.1. The lowest BCUT2D eigenvalue weighted by molar-refractivity contribution is -0.132. The molecule has 32 heavy (non-hydrogen) atoms. The van der Waals surface area contributed by atoms with Gasteiger partial charge in [-0.3, -0.25) is 20.3 Å². The van der Waals surface area contributed by atoms with Crippen molar-refractivity contribution in [3.05, 3.63) is 0 Å². The number of hydrogen-bond acceptors (Lipinski definition) is 5. The van der Waals surface area contributed by atoms with Crippen molar-refractivity contribution in [1.29, 1.82) is 0 Å². The molecule has 4 N–H and O–H groups in total. The maximum atomic E-state index is 13.7. The number of carbonyl (C=O) groups is 2. The van der Waals surface area contributed by atoms with Gasteiger partial charge in [0, 0.05) is 43.1 Å². The number of nitrogens with one attached hydrogen (secondary N) is 4. The second-order valence-electron chi connectivity index (χ2n) is 11.1. The average molecular weight is 452 g/mol. The van der Waals surface area contributed by atoms with Crippen LogP contribution in [0.3, 0.4) is 0 Å². The lowest BCUT2D eigenvalue weighted by Crippen LogP contribution is -2.62. The van der Waals surface area contributed by atoms with Crippen molar-refractivity contribution in [2.24, 2.45) is 29.6 Å². The van der Waals surface area contributed by atoms with E-state index in [1.54, 1.807) is 0 Å². The van der Waals surface area contributed by atoms with Gasteiger partial charge < -0.3 is 10.6 Å². The van der Waals surface area contributed by atoms with E-state index in [4.69, 9.17) is 0 Å². The third-order valence-corrected chi connectivity index (χ3v) is 8.42. The molecule has 7 nitrogen and oxygen atoms in total. The molecule has 3 heterocycles. The highest BCUT2D eigenvalue weighted by Crippen LogP contribution is 2.38. The smallest absolute Gasteiger partial charge is 0.225 e.